The molecule has 8 nitrogen and oxygen atoms in total. The monoisotopic (exact) mass is 592 g/mol. The summed E-state index contributed by atoms with van der Waals surface area (Å²) in [5, 5.41) is 9.82. The van der Waals surface area contributed by atoms with Gasteiger partial charge in [-0.1, -0.05) is 49.2 Å². The fraction of sp³-hybridized carbons (Fsp3) is 0.194. The van der Waals surface area contributed by atoms with E-state index < -0.39 is 16.0 Å². The van der Waals surface area contributed by atoms with Crippen LogP contribution in [0.5, 0.6) is 17.2 Å². The van der Waals surface area contributed by atoms with E-state index in [0.29, 0.717) is 23.8 Å². The molecule has 3 N–H and O–H groups in total. The summed E-state index contributed by atoms with van der Waals surface area (Å²) in [6.45, 7) is 8.20. The number of rotatable bonds is 12. The van der Waals surface area contributed by atoms with E-state index >= 15 is 0 Å². The molecule has 0 aliphatic heterocycles. The smallest absolute Gasteiger partial charge is 0.337 e. The fourth-order valence-corrected chi connectivity index (χ4v) is 5.40. The molecule has 0 atom stereocenters. The van der Waals surface area contributed by atoms with Crippen molar-refractivity contribution in [1.29, 1.82) is 0 Å². The molecule has 0 amide bonds. The van der Waals surface area contributed by atoms with Gasteiger partial charge in [0.1, 0.15) is 17.2 Å². The first-order chi connectivity index (χ1) is 19.5. The Morgan fingerprint density at radius 1 is 0.854 bits per heavy atom. The normalized spacial score (nSPS) is 11.2. The molecule has 0 heterocycles. The minimum atomic E-state index is -3.86. The van der Waals surface area contributed by atoms with Crippen molar-refractivity contribution in [1.82, 2.24) is 0 Å². The minimum absolute atomic E-state index is 0.0425. The van der Waals surface area contributed by atoms with Gasteiger partial charge in [0.15, 0.2) is 0 Å². The van der Waals surface area contributed by atoms with Crippen molar-refractivity contribution in [3.05, 3.63) is 102 Å². The number of benzene rings is 4. The molecule has 0 spiro atoms. The number of anilines is 2. The van der Waals surface area contributed by atoms with Gasteiger partial charge in [-0.25, -0.2) is 13.2 Å². The highest BCUT2D eigenvalue weighted by Gasteiger charge is 2.18. The molecule has 41 heavy (non-hydrogen) atoms. The molecule has 214 valence electrons. The molecule has 4 aromatic rings. The van der Waals surface area contributed by atoms with Crippen molar-refractivity contribution in [2.24, 2.45) is 5.92 Å². The summed E-state index contributed by atoms with van der Waals surface area (Å²) >= 11 is 1.31. The largest absolute Gasteiger partial charge is 0.491 e. The topological polar surface area (TPSA) is 114 Å². The van der Waals surface area contributed by atoms with E-state index in [1.165, 1.54) is 18.0 Å². The zero-order chi connectivity index (χ0) is 29.6. The van der Waals surface area contributed by atoms with Crippen LogP contribution < -0.4 is 18.9 Å². The molecular weight excluding hydrogens is 560 g/mol. The lowest BCUT2D eigenvalue weighted by Crippen LogP contribution is -2.14. The van der Waals surface area contributed by atoms with Gasteiger partial charge in [0.25, 0.3) is 10.0 Å². The fourth-order valence-electron chi connectivity index (χ4n) is 3.66. The van der Waals surface area contributed by atoms with E-state index in [-0.39, 0.29) is 27.8 Å². The lowest BCUT2D eigenvalue weighted by molar-refractivity contribution is 0.0697. The van der Waals surface area contributed by atoms with Gasteiger partial charge < -0.3 is 19.3 Å². The van der Waals surface area contributed by atoms with Crippen LogP contribution in [0.15, 0.2) is 94.7 Å². The predicted octanol–water partition coefficient (Wildman–Crippen LogP) is 7.75. The maximum atomic E-state index is 13.0. The van der Waals surface area contributed by atoms with Crippen LogP contribution in [0.1, 0.15) is 35.3 Å². The summed E-state index contributed by atoms with van der Waals surface area (Å²) in [6.07, 6.45) is 0. The van der Waals surface area contributed by atoms with Crippen LogP contribution in [0.25, 0.3) is 0 Å². The second-order valence-electron chi connectivity index (χ2n) is 9.91. The summed E-state index contributed by atoms with van der Waals surface area (Å²) < 4.78 is 43.6. The number of ether oxygens (including phenoxy) is 2. The number of carboxylic acid groups (broad SMARTS) is 1. The van der Waals surface area contributed by atoms with Gasteiger partial charge >= 0.3 is 5.97 Å². The van der Waals surface area contributed by atoms with E-state index in [1.54, 1.807) is 54.6 Å². The van der Waals surface area contributed by atoms with Crippen molar-refractivity contribution in [2.45, 2.75) is 37.5 Å². The number of hydrogen-bond donors (Lipinski definition) is 3. The van der Waals surface area contributed by atoms with Gasteiger partial charge in [-0.15, -0.1) is 0 Å². The number of aryl methyl sites for hydroxylation is 2. The Bertz CT molecular complexity index is 1620. The zero-order valence-corrected chi connectivity index (χ0v) is 24.8. The molecule has 0 aromatic heterocycles. The van der Waals surface area contributed by atoms with Crippen molar-refractivity contribution in [3.8, 4) is 17.2 Å². The lowest BCUT2D eigenvalue weighted by atomic mass is 10.1. The highest BCUT2D eigenvalue weighted by Crippen LogP contribution is 2.35. The van der Waals surface area contributed by atoms with Gasteiger partial charge in [-0.05, 0) is 86.3 Å². The number of nitrogens with one attached hydrogen (secondary N) is 2. The predicted molar refractivity (Wildman–Crippen MR) is 163 cm³/mol. The van der Waals surface area contributed by atoms with Gasteiger partial charge in [0.2, 0.25) is 0 Å². The third kappa shape index (κ3) is 8.18. The van der Waals surface area contributed by atoms with E-state index in [4.69, 9.17) is 9.47 Å². The highest BCUT2D eigenvalue weighted by atomic mass is 32.2. The minimum Gasteiger partial charge on any atom is -0.491 e. The van der Waals surface area contributed by atoms with E-state index in [2.05, 4.69) is 9.44 Å². The molecule has 0 bridgehead atoms. The number of hydrogen-bond acceptors (Lipinski definition) is 7. The van der Waals surface area contributed by atoms with Crippen molar-refractivity contribution in [3.63, 3.8) is 0 Å². The molecule has 10 heteroatoms. The maximum absolute atomic E-state index is 13.0. The van der Waals surface area contributed by atoms with Crippen molar-refractivity contribution >= 4 is 39.3 Å². The molecule has 0 saturated carbocycles. The van der Waals surface area contributed by atoms with Crippen LogP contribution in [0.2, 0.25) is 0 Å². The van der Waals surface area contributed by atoms with Gasteiger partial charge in [-0.2, -0.15) is 0 Å². The standard InChI is InChI=1S/C31H32N2O6S2/c1-20(2)19-38-30-18-24(10-16-29(30)33-41(36,37)26-13-7-22(4)8-14-26)39-23-9-15-28(27(17-23)31(34)35)32-40-25-11-5-21(3)6-12-25/h5-18,20,32-33H,19H2,1-4H3,(H,34,35). The third-order valence-corrected chi connectivity index (χ3v) is 8.07. The molecular formula is C31H32N2O6S2. The van der Waals surface area contributed by atoms with Gasteiger partial charge in [-0.3, -0.25) is 4.72 Å². The third-order valence-electron chi connectivity index (χ3n) is 5.86. The zero-order valence-electron chi connectivity index (χ0n) is 23.2. The van der Waals surface area contributed by atoms with Crippen molar-refractivity contribution in [2.75, 3.05) is 16.1 Å². The molecule has 0 saturated heterocycles. The van der Waals surface area contributed by atoms with Crippen molar-refractivity contribution < 1.29 is 27.8 Å². The Morgan fingerprint density at radius 3 is 2.05 bits per heavy atom. The maximum Gasteiger partial charge on any atom is 0.337 e. The summed E-state index contributed by atoms with van der Waals surface area (Å²) in [7, 11) is -3.86. The van der Waals surface area contributed by atoms with Crippen LogP contribution >= 0.6 is 11.9 Å². The second kappa shape index (κ2) is 13.0. The molecule has 0 unspecified atom stereocenters. The quantitative estimate of drug-likeness (QED) is 0.143. The SMILES string of the molecule is Cc1ccc(SNc2ccc(Oc3ccc(NS(=O)(=O)c4ccc(C)cc4)c(OCC(C)C)c3)cc2C(=O)O)cc1. The highest BCUT2D eigenvalue weighted by molar-refractivity contribution is 8.00. The first-order valence-electron chi connectivity index (χ1n) is 12.9. The summed E-state index contributed by atoms with van der Waals surface area (Å²) in [5.74, 6) is 0.0312. The Balaban J connectivity index is 1.56. The lowest BCUT2D eigenvalue weighted by Gasteiger charge is -2.17. The average molecular weight is 593 g/mol. The Hall–Kier alpha value is -4.15. The van der Waals surface area contributed by atoms with Gasteiger partial charge in [0, 0.05) is 11.0 Å². The Labute approximate surface area is 244 Å². The first-order valence-corrected chi connectivity index (χ1v) is 15.2. The number of sulfonamides is 1. The van der Waals surface area contributed by atoms with E-state index in [0.717, 1.165) is 16.0 Å². The van der Waals surface area contributed by atoms with E-state index in [1.807, 2.05) is 52.0 Å². The summed E-state index contributed by atoms with van der Waals surface area (Å²) in [5.41, 5.74) is 2.82. The number of carboxylic acids is 1. The molecule has 4 aromatic carbocycles. The molecule has 0 fully saturated rings. The summed E-state index contributed by atoms with van der Waals surface area (Å²) in [6, 6.07) is 23.9. The molecule has 0 aliphatic carbocycles. The summed E-state index contributed by atoms with van der Waals surface area (Å²) in [4.78, 5) is 13.1. The van der Waals surface area contributed by atoms with Crippen LogP contribution in [0.4, 0.5) is 11.4 Å². The molecule has 4 rings (SSSR count). The Morgan fingerprint density at radius 2 is 1.44 bits per heavy atom. The first kappa shape index (κ1) is 29.8. The Kier molecular flexibility index (Phi) is 9.46. The van der Waals surface area contributed by atoms with Crippen LogP contribution in [-0.2, 0) is 10.0 Å². The number of aromatic carboxylic acids is 1. The second-order valence-corrected chi connectivity index (χ2v) is 12.5. The van der Waals surface area contributed by atoms with Crippen LogP contribution in [-0.4, -0.2) is 26.1 Å². The van der Waals surface area contributed by atoms with E-state index in [9.17, 15) is 18.3 Å². The van der Waals surface area contributed by atoms with Gasteiger partial charge in [0.05, 0.1) is 28.4 Å². The molecule has 0 aliphatic rings. The van der Waals surface area contributed by atoms with Crippen LogP contribution in [0.3, 0.4) is 0 Å². The number of carbonyl (C=O) groups is 1. The van der Waals surface area contributed by atoms with Crippen LogP contribution in [0, 0.1) is 19.8 Å². The average Bonchev–Trinajstić information content (AvgIpc) is 2.93. The molecule has 0 radical (unpaired) electrons.